The molecule has 0 aromatic heterocycles. The van der Waals surface area contributed by atoms with Crippen LogP contribution in [-0.2, 0) is 4.79 Å². The molecule has 0 radical (unpaired) electrons. The number of aliphatic hydroxyl groups excluding tert-OH is 1. The van der Waals surface area contributed by atoms with Crippen molar-refractivity contribution >= 4 is 6.29 Å². The molecule has 0 amide bonds. The van der Waals surface area contributed by atoms with Crippen molar-refractivity contribution in [1.29, 1.82) is 0 Å². The van der Waals surface area contributed by atoms with Crippen molar-refractivity contribution in [3.8, 4) is 0 Å². The maximum Gasteiger partial charge on any atom is 0.143 e. The molecule has 1 aliphatic rings. The van der Waals surface area contributed by atoms with E-state index in [-0.39, 0.29) is 11.5 Å². The Morgan fingerprint density at radius 1 is 1.18 bits per heavy atom. The van der Waals surface area contributed by atoms with Gasteiger partial charge in [0.2, 0.25) is 0 Å². The molecule has 0 heterocycles. The first-order valence-corrected chi connectivity index (χ1v) is 7.82. The molecule has 0 bridgehead atoms. The van der Waals surface area contributed by atoms with E-state index in [1.54, 1.807) is 0 Å². The quantitative estimate of drug-likeness (QED) is 0.454. The van der Waals surface area contributed by atoms with Crippen LogP contribution in [0.3, 0.4) is 0 Å². The molecule has 0 aliphatic heterocycles. The summed E-state index contributed by atoms with van der Waals surface area (Å²) in [6.07, 6.45) is 13.9. The summed E-state index contributed by atoms with van der Waals surface area (Å²) in [7, 11) is 0. The first-order valence-electron chi connectivity index (χ1n) is 7.82. The summed E-state index contributed by atoms with van der Waals surface area (Å²) >= 11 is 0. The highest BCUT2D eigenvalue weighted by atomic mass is 16.3. The van der Waals surface area contributed by atoms with Crippen LogP contribution in [0, 0.1) is 5.41 Å². The van der Waals surface area contributed by atoms with Crippen LogP contribution in [0.15, 0.2) is 58.7 Å². The highest BCUT2D eigenvalue weighted by Crippen LogP contribution is 2.40. The Hall–Kier alpha value is -1.67. The zero-order valence-corrected chi connectivity index (χ0v) is 14.4. The molecular weight excluding hydrogens is 272 g/mol. The van der Waals surface area contributed by atoms with Gasteiger partial charge in [0.25, 0.3) is 0 Å². The summed E-state index contributed by atoms with van der Waals surface area (Å²) < 4.78 is 0. The fourth-order valence-electron chi connectivity index (χ4n) is 2.70. The van der Waals surface area contributed by atoms with Crippen molar-refractivity contribution < 1.29 is 9.90 Å². The topological polar surface area (TPSA) is 37.3 Å². The first kappa shape index (κ1) is 18.4. The van der Waals surface area contributed by atoms with E-state index >= 15 is 0 Å². The average Bonchev–Trinajstić information content (AvgIpc) is 2.43. The van der Waals surface area contributed by atoms with Gasteiger partial charge < -0.3 is 5.11 Å². The fraction of sp³-hybridized carbons (Fsp3) is 0.450. The predicted molar refractivity (Wildman–Crippen MR) is 93.6 cm³/mol. The Kier molecular flexibility index (Phi) is 6.76. The first-order chi connectivity index (χ1) is 10.3. The number of aldehydes is 1. The summed E-state index contributed by atoms with van der Waals surface area (Å²) in [4.78, 5) is 10.3. The summed E-state index contributed by atoms with van der Waals surface area (Å²) in [6.45, 7) is 10.4. The average molecular weight is 300 g/mol. The van der Waals surface area contributed by atoms with E-state index in [2.05, 4.69) is 26.0 Å². The highest BCUT2D eigenvalue weighted by Gasteiger charge is 2.30. The molecule has 2 nitrogen and oxygen atoms in total. The van der Waals surface area contributed by atoms with Crippen LogP contribution in [0.2, 0.25) is 0 Å². The molecule has 22 heavy (non-hydrogen) atoms. The largest absolute Gasteiger partial charge is 0.389 e. The van der Waals surface area contributed by atoms with Crippen molar-refractivity contribution in [3.05, 3.63) is 58.7 Å². The number of carbonyl (C=O) groups is 1. The Bertz CT molecular complexity index is 554. The Balaban J connectivity index is 2.88. The molecule has 0 saturated heterocycles. The third kappa shape index (κ3) is 5.27. The monoisotopic (exact) mass is 300 g/mol. The maximum atomic E-state index is 10.3. The van der Waals surface area contributed by atoms with Crippen LogP contribution in [0.4, 0.5) is 0 Å². The van der Waals surface area contributed by atoms with Crippen molar-refractivity contribution in [3.63, 3.8) is 0 Å². The molecule has 120 valence electrons. The standard InChI is InChI=1S/C20H28O2/c1-15(7-6-8-16(2)12-14-21)9-10-18-17(3)19(22)11-13-20(18,4)5/h6-10,12,14,19,22H,11,13H2,1-5H3/t19-/m1/s1. The van der Waals surface area contributed by atoms with E-state index in [4.69, 9.17) is 0 Å². The number of aliphatic hydroxyl groups is 1. The summed E-state index contributed by atoms with van der Waals surface area (Å²) in [5.41, 5.74) is 4.49. The molecule has 0 fully saturated rings. The zero-order valence-electron chi connectivity index (χ0n) is 14.4. The van der Waals surface area contributed by atoms with Gasteiger partial charge in [-0.15, -0.1) is 0 Å². The number of hydrogen-bond donors (Lipinski definition) is 1. The number of hydrogen-bond acceptors (Lipinski definition) is 2. The van der Waals surface area contributed by atoms with Crippen LogP contribution in [0.1, 0.15) is 47.5 Å². The molecule has 1 rings (SSSR count). The Morgan fingerprint density at radius 3 is 2.45 bits per heavy atom. The van der Waals surface area contributed by atoms with Gasteiger partial charge in [-0.1, -0.05) is 49.8 Å². The molecule has 0 saturated carbocycles. The second kappa shape index (κ2) is 8.09. The number of carbonyl (C=O) groups excluding carboxylic acids is 1. The van der Waals surface area contributed by atoms with Crippen molar-refractivity contribution in [2.75, 3.05) is 0 Å². The molecule has 0 aromatic rings. The molecule has 2 heteroatoms. The SMILES string of the molecule is CC(C=CC=C(C)C=CC1=C(C)[C@H](O)CCC1(C)C)=CC=O. The van der Waals surface area contributed by atoms with E-state index in [9.17, 15) is 9.90 Å². The second-order valence-electron chi connectivity index (χ2n) is 6.68. The Morgan fingerprint density at radius 2 is 1.82 bits per heavy atom. The molecule has 1 atom stereocenters. The van der Waals surface area contributed by atoms with E-state index in [0.29, 0.717) is 0 Å². The summed E-state index contributed by atoms with van der Waals surface area (Å²) in [5, 5.41) is 10.0. The minimum atomic E-state index is -0.312. The molecule has 1 aliphatic carbocycles. The van der Waals surface area contributed by atoms with E-state index in [1.165, 1.54) is 11.6 Å². The van der Waals surface area contributed by atoms with Crippen molar-refractivity contribution in [2.24, 2.45) is 5.41 Å². The minimum Gasteiger partial charge on any atom is -0.389 e. The van der Waals surface area contributed by atoms with E-state index < -0.39 is 0 Å². The van der Waals surface area contributed by atoms with Crippen LogP contribution in [0.25, 0.3) is 0 Å². The molecule has 0 aromatic carbocycles. The van der Waals surface area contributed by atoms with Crippen LogP contribution in [-0.4, -0.2) is 17.5 Å². The number of rotatable bonds is 5. The smallest absolute Gasteiger partial charge is 0.143 e. The highest BCUT2D eigenvalue weighted by molar-refractivity contribution is 5.66. The van der Waals surface area contributed by atoms with Gasteiger partial charge in [-0.25, -0.2) is 0 Å². The van der Waals surface area contributed by atoms with Gasteiger partial charge in [0.1, 0.15) is 6.29 Å². The third-order valence-corrected chi connectivity index (χ3v) is 4.26. The zero-order chi connectivity index (χ0) is 16.8. The molecule has 0 unspecified atom stereocenters. The molecular formula is C20H28O2. The van der Waals surface area contributed by atoms with Gasteiger partial charge in [-0.3, -0.25) is 4.79 Å². The fourth-order valence-corrected chi connectivity index (χ4v) is 2.70. The summed E-state index contributed by atoms with van der Waals surface area (Å²) in [5.74, 6) is 0. The van der Waals surface area contributed by atoms with Gasteiger partial charge in [-0.2, -0.15) is 0 Å². The number of allylic oxidation sites excluding steroid dienone is 9. The van der Waals surface area contributed by atoms with Crippen molar-refractivity contribution in [1.82, 2.24) is 0 Å². The third-order valence-electron chi connectivity index (χ3n) is 4.26. The van der Waals surface area contributed by atoms with Gasteiger partial charge in [0.15, 0.2) is 0 Å². The van der Waals surface area contributed by atoms with E-state index in [1.807, 2.05) is 39.0 Å². The second-order valence-corrected chi connectivity index (χ2v) is 6.68. The lowest BCUT2D eigenvalue weighted by Crippen LogP contribution is -2.27. The lowest BCUT2D eigenvalue weighted by molar-refractivity contribution is -0.104. The van der Waals surface area contributed by atoms with Gasteiger partial charge in [-0.05, 0) is 61.8 Å². The normalized spacial score (nSPS) is 23.6. The lowest BCUT2D eigenvalue weighted by atomic mass is 9.71. The predicted octanol–water partition coefficient (Wildman–Crippen LogP) is 4.69. The van der Waals surface area contributed by atoms with Gasteiger partial charge in [0, 0.05) is 0 Å². The summed E-state index contributed by atoms with van der Waals surface area (Å²) in [6, 6.07) is 0. The van der Waals surface area contributed by atoms with Crippen LogP contribution in [0.5, 0.6) is 0 Å². The maximum absolute atomic E-state index is 10.3. The van der Waals surface area contributed by atoms with Gasteiger partial charge in [0.05, 0.1) is 6.10 Å². The Labute approximate surface area is 134 Å². The molecule has 0 spiro atoms. The van der Waals surface area contributed by atoms with E-state index in [0.717, 1.165) is 35.8 Å². The van der Waals surface area contributed by atoms with Crippen molar-refractivity contribution in [2.45, 2.75) is 53.6 Å². The molecule has 1 N–H and O–H groups in total. The van der Waals surface area contributed by atoms with Gasteiger partial charge >= 0.3 is 0 Å². The van der Waals surface area contributed by atoms with Crippen LogP contribution >= 0.6 is 0 Å². The van der Waals surface area contributed by atoms with Crippen LogP contribution < -0.4 is 0 Å². The lowest BCUT2D eigenvalue weighted by Gasteiger charge is -2.35. The minimum absolute atomic E-state index is 0.110.